The van der Waals surface area contributed by atoms with Crippen molar-refractivity contribution in [3.8, 4) is 12.1 Å². The molecule has 0 aromatic heterocycles. The summed E-state index contributed by atoms with van der Waals surface area (Å²) in [5.74, 6) is -2.74. The maximum absolute atomic E-state index is 13.0. The number of hydrogen-bond acceptors (Lipinski definition) is 8. The predicted molar refractivity (Wildman–Crippen MR) is 115 cm³/mol. The quantitative estimate of drug-likeness (QED) is 0.736. The highest BCUT2D eigenvalue weighted by Gasteiger charge is 2.43. The first-order valence-corrected chi connectivity index (χ1v) is 9.55. The minimum Gasteiger partial charge on any atom is -0.466 e. The Morgan fingerprint density at radius 1 is 1.00 bits per heavy atom. The second-order valence-electron chi connectivity index (χ2n) is 6.97. The summed E-state index contributed by atoms with van der Waals surface area (Å²) in [6.45, 7) is 1.80. The Hall–Kier alpha value is -4.56. The highest BCUT2D eigenvalue weighted by molar-refractivity contribution is 6.06. The van der Waals surface area contributed by atoms with Crippen molar-refractivity contribution < 1.29 is 19.1 Å². The Morgan fingerprint density at radius 3 is 2.22 bits per heavy atom. The fraction of sp³-hybridized carbons (Fsp3) is 0.167. The summed E-state index contributed by atoms with van der Waals surface area (Å²) in [5.41, 5.74) is 7.93. The van der Waals surface area contributed by atoms with Crippen LogP contribution in [0.15, 0.2) is 71.2 Å². The van der Waals surface area contributed by atoms with Crippen LogP contribution in [0.5, 0.6) is 0 Å². The van der Waals surface area contributed by atoms with E-state index in [-0.39, 0.29) is 33.9 Å². The number of anilines is 1. The molecule has 8 nitrogen and oxygen atoms in total. The second kappa shape index (κ2) is 9.07. The third-order valence-electron chi connectivity index (χ3n) is 5.12. The molecule has 8 heteroatoms. The molecule has 0 spiro atoms. The fourth-order valence-electron chi connectivity index (χ4n) is 3.68. The van der Waals surface area contributed by atoms with Crippen LogP contribution in [0, 0.1) is 29.6 Å². The summed E-state index contributed by atoms with van der Waals surface area (Å²) < 4.78 is 9.97. The Labute approximate surface area is 185 Å². The van der Waals surface area contributed by atoms with Gasteiger partial charge < -0.3 is 15.2 Å². The van der Waals surface area contributed by atoms with Gasteiger partial charge in [-0.3, -0.25) is 4.90 Å². The van der Waals surface area contributed by atoms with Gasteiger partial charge in [0.2, 0.25) is 0 Å². The van der Waals surface area contributed by atoms with Gasteiger partial charge in [0.05, 0.1) is 48.6 Å². The smallest absolute Gasteiger partial charge is 0.355 e. The lowest BCUT2D eigenvalue weighted by Gasteiger charge is -2.36. The lowest BCUT2D eigenvalue weighted by molar-refractivity contribution is -0.139. The van der Waals surface area contributed by atoms with Crippen molar-refractivity contribution >= 4 is 17.6 Å². The van der Waals surface area contributed by atoms with E-state index in [4.69, 9.17) is 15.2 Å². The number of carbonyl (C=O) groups is 2. The number of nitrogens with zero attached hydrogens (tertiary/aromatic N) is 3. The van der Waals surface area contributed by atoms with Crippen molar-refractivity contribution in [2.24, 2.45) is 5.73 Å². The highest BCUT2D eigenvalue weighted by atomic mass is 16.5. The molecule has 0 aliphatic carbocycles. The van der Waals surface area contributed by atoms with E-state index in [1.807, 2.05) is 0 Å². The lowest BCUT2D eigenvalue weighted by Crippen LogP contribution is -2.41. The van der Waals surface area contributed by atoms with E-state index < -0.39 is 17.9 Å². The van der Waals surface area contributed by atoms with Crippen LogP contribution in [0.2, 0.25) is 0 Å². The van der Waals surface area contributed by atoms with Crippen LogP contribution in [0.1, 0.15) is 22.6 Å². The van der Waals surface area contributed by atoms with Gasteiger partial charge in [0.1, 0.15) is 17.6 Å². The van der Waals surface area contributed by atoms with Gasteiger partial charge in [0, 0.05) is 0 Å². The van der Waals surface area contributed by atoms with Crippen molar-refractivity contribution in [2.45, 2.75) is 12.8 Å². The van der Waals surface area contributed by atoms with Crippen molar-refractivity contribution in [3.63, 3.8) is 0 Å². The molecule has 0 radical (unpaired) electrons. The molecule has 0 fully saturated rings. The lowest BCUT2D eigenvalue weighted by atomic mass is 9.80. The molecule has 2 aromatic carbocycles. The molecule has 3 rings (SSSR count). The normalized spacial score (nSPS) is 15.7. The molecule has 32 heavy (non-hydrogen) atoms. The van der Waals surface area contributed by atoms with E-state index >= 15 is 0 Å². The molecule has 2 aromatic rings. The minimum absolute atomic E-state index is 0.0367. The van der Waals surface area contributed by atoms with E-state index in [0.717, 1.165) is 5.56 Å². The molecule has 2 N–H and O–H groups in total. The zero-order valence-corrected chi connectivity index (χ0v) is 17.7. The molecule has 0 saturated carbocycles. The molecule has 1 aliphatic rings. The Balaban J connectivity index is 2.48. The zero-order valence-electron chi connectivity index (χ0n) is 17.7. The summed E-state index contributed by atoms with van der Waals surface area (Å²) >= 11 is 0. The number of carbonyl (C=O) groups excluding carboxylic acids is 2. The van der Waals surface area contributed by atoms with E-state index in [0.29, 0.717) is 5.56 Å². The summed E-state index contributed by atoms with van der Waals surface area (Å²) in [5, 5.41) is 19.7. The standard InChI is InChI=1S/C24H20N4O4/c1-14-9-10-16(12-25)18(11-14)28-21(24(30)32-3)20(23(29)31-2)19(17(13-26)22(28)27)15-7-5-4-6-8-15/h4-11,19H,27H2,1-3H3. The maximum Gasteiger partial charge on any atom is 0.355 e. The maximum atomic E-state index is 13.0. The SMILES string of the molecule is COC(=O)C1=C(C(=O)OC)N(c2cc(C)ccc2C#N)C(N)=C(C#N)C1c1ccccc1. The topological polar surface area (TPSA) is 129 Å². The number of aryl methyl sites for hydroxylation is 1. The number of esters is 2. The van der Waals surface area contributed by atoms with Gasteiger partial charge in [-0.2, -0.15) is 10.5 Å². The van der Waals surface area contributed by atoms with E-state index in [1.165, 1.54) is 19.1 Å². The number of methoxy groups -OCH3 is 2. The summed E-state index contributed by atoms with van der Waals surface area (Å²) in [6, 6.07) is 17.8. The summed E-state index contributed by atoms with van der Waals surface area (Å²) in [6.07, 6.45) is 0. The Morgan fingerprint density at radius 2 is 1.66 bits per heavy atom. The molecule has 160 valence electrons. The third kappa shape index (κ3) is 3.66. The molecule has 0 saturated heterocycles. The van der Waals surface area contributed by atoms with E-state index in [2.05, 4.69) is 12.1 Å². The minimum atomic E-state index is -0.964. The van der Waals surface area contributed by atoms with E-state index in [1.54, 1.807) is 55.5 Å². The van der Waals surface area contributed by atoms with Gasteiger partial charge in [0.25, 0.3) is 0 Å². The van der Waals surface area contributed by atoms with Crippen molar-refractivity contribution in [1.82, 2.24) is 0 Å². The van der Waals surface area contributed by atoms with Gasteiger partial charge in [-0.25, -0.2) is 9.59 Å². The number of ether oxygens (including phenoxy) is 2. The van der Waals surface area contributed by atoms with Gasteiger partial charge >= 0.3 is 11.9 Å². The molecule has 1 heterocycles. The number of nitrogens with two attached hydrogens (primary N) is 1. The van der Waals surface area contributed by atoms with Crippen LogP contribution >= 0.6 is 0 Å². The molecular formula is C24H20N4O4. The second-order valence-corrected chi connectivity index (χ2v) is 6.97. The average Bonchev–Trinajstić information content (AvgIpc) is 2.82. The van der Waals surface area contributed by atoms with Crippen LogP contribution in [0.3, 0.4) is 0 Å². The number of benzene rings is 2. The van der Waals surface area contributed by atoms with Gasteiger partial charge in [-0.15, -0.1) is 0 Å². The monoisotopic (exact) mass is 428 g/mol. The van der Waals surface area contributed by atoms with Gasteiger partial charge in [-0.05, 0) is 30.2 Å². The molecule has 0 amide bonds. The Bertz CT molecular complexity index is 1230. The molecule has 1 unspecified atom stereocenters. The highest BCUT2D eigenvalue weighted by Crippen LogP contribution is 2.43. The third-order valence-corrected chi connectivity index (χ3v) is 5.12. The van der Waals surface area contributed by atoms with Crippen LogP contribution < -0.4 is 10.6 Å². The number of hydrogen-bond donors (Lipinski definition) is 1. The number of nitriles is 2. The first kappa shape index (κ1) is 22.1. The van der Waals surface area contributed by atoms with Gasteiger partial charge in [0.15, 0.2) is 0 Å². The summed E-state index contributed by atoms with van der Waals surface area (Å²) in [7, 11) is 2.35. The Kier molecular flexibility index (Phi) is 6.27. The zero-order chi connectivity index (χ0) is 23.4. The van der Waals surface area contributed by atoms with Crippen molar-refractivity contribution in [2.75, 3.05) is 19.1 Å². The first-order chi connectivity index (χ1) is 15.4. The molecule has 1 aliphatic heterocycles. The average molecular weight is 428 g/mol. The van der Waals surface area contributed by atoms with Gasteiger partial charge in [-0.1, -0.05) is 36.4 Å². The van der Waals surface area contributed by atoms with Crippen LogP contribution in [-0.4, -0.2) is 26.2 Å². The first-order valence-electron chi connectivity index (χ1n) is 9.55. The number of allylic oxidation sites excluding steroid dienone is 1. The predicted octanol–water partition coefficient (Wildman–Crippen LogP) is 2.76. The number of rotatable bonds is 4. The van der Waals surface area contributed by atoms with Crippen LogP contribution in [0.25, 0.3) is 0 Å². The largest absolute Gasteiger partial charge is 0.466 e. The van der Waals surface area contributed by atoms with Crippen LogP contribution in [-0.2, 0) is 19.1 Å². The van der Waals surface area contributed by atoms with Crippen molar-refractivity contribution in [1.29, 1.82) is 10.5 Å². The van der Waals surface area contributed by atoms with Crippen molar-refractivity contribution in [3.05, 3.63) is 87.9 Å². The summed E-state index contributed by atoms with van der Waals surface area (Å²) in [4.78, 5) is 27.2. The van der Waals surface area contributed by atoms with E-state index in [9.17, 15) is 20.1 Å². The molecule has 0 bridgehead atoms. The van der Waals surface area contributed by atoms with Crippen LogP contribution in [0.4, 0.5) is 5.69 Å². The fourth-order valence-corrected chi connectivity index (χ4v) is 3.68. The molecular weight excluding hydrogens is 408 g/mol. The molecule has 1 atom stereocenters.